The molecule has 140 valence electrons. The zero-order valence-corrected chi connectivity index (χ0v) is 15.7. The van der Waals surface area contributed by atoms with E-state index in [9.17, 15) is 9.18 Å². The minimum absolute atomic E-state index is 0.0106. The molecular weight excluding hydrogens is 379 g/mol. The maximum atomic E-state index is 13.3. The Morgan fingerprint density at radius 2 is 1.96 bits per heavy atom. The SMILES string of the molecule is Cc1nn(CC(=O)Nc2cccc(Cl)c2)c2nccc(-c3ccc(F)cc3)c12. The van der Waals surface area contributed by atoms with Gasteiger partial charge in [0.2, 0.25) is 5.91 Å². The van der Waals surface area contributed by atoms with Crippen LogP contribution in [-0.4, -0.2) is 20.7 Å². The summed E-state index contributed by atoms with van der Waals surface area (Å²) < 4.78 is 14.8. The van der Waals surface area contributed by atoms with Crippen LogP contribution in [0, 0.1) is 12.7 Å². The van der Waals surface area contributed by atoms with Crippen LogP contribution in [-0.2, 0) is 11.3 Å². The van der Waals surface area contributed by atoms with Crippen molar-refractivity contribution in [1.29, 1.82) is 0 Å². The summed E-state index contributed by atoms with van der Waals surface area (Å²) in [6.07, 6.45) is 1.66. The van der Waals surface area contributed by atoms with Gasteiger partial charge in [-0.25, -0.2) is 14.1 Å². The standard InChI is InChI=1S/C21H16ClFN4O/c1-13-20-18(14-5-7-16(23)8-6-14)9-10-24-21(20)27(26-13)12-19(28)25-17-4-2-3-15(22)11-17/h2-11H,12H2,1H3,(H,25,28). The molecule has 0 saturated heterocycles. The number of carbonyl (C=O) groups excluding carboxylic acids is 1. The number of hydrogen-bond donors (Lipinski definition) is 1. The van der Waals surface area contributed by atoms with Crippen LogP contribution in [0.5, 0.6) is 0 Å². The molecule has 1 N–H and O–H groups in total. The minimum atomic E-state index is -0.292. The molecular formula is C21H16ClFN4O. The topological polar surface area (TPSA) is 59.8 Å². The predicted molar refractivity (Wildman–Crippen MR) is 108 cm³/mol. The van der Waals surface area contributed by atoms with Crippen LogP contribution in [0.1, 0.15) is 5.69 Å². The van der Waals surface area contributed by atoms with Crippen LogP contribution in [0.25, 0.3) is 22.2 Å². The monoisotopic (exact) mass is 394 g/mol. The number of aromatic nitrogens is 3. The van der Waals surface area contributed by atoms with E-state index in [2.05, 4.69) is 15.4 Å². The lowest BCUT2D eigenvalue weighted by Gasteiger charge is -2.07. The summed E-state index contributed by atoms with van der Waals surface area (Å²) >= 11 is 5.95. The van der Waals surface area contributed by atoms with Crippen LogP contribution in [0.15, 0.2) is 60.8 Å². The second-order valence-electron chi connectivity index (χ2n) is 6.37. The molecule has 0 aliphatic heterocycles. The molecule has 2 heterocycles. The molecule has 4 rings (SSSR count). The number of amides is 1. The van der Waals surface area contributed by atoms with Gasteiger partial charge >= 0.3 is 0 Å². The maximum absolute atomic E-state index is 13.3. The zero-order chi connectivity index (χ0) is 19.7. The maximum Gasteiger partial charge on any atom is 0.246 e. The third-order valence-corrected chi connectivity index (χ3v) is 4.60. The van der Waals surface area contributed by atoms with Crippen LogP contribution >= 0.6 is 11.6 Å². The molecule has 2 aromatic carbocycles. The van der Waals surface area contributed by atoms with Crippen molar-refractivity contribution in [2.75, 3.05) is 5.32 Å². The third-order valence-electron chi connectivity index (χ3n) is 4.36. The zero-order valence-electron chi connectivity index (χ0n) is 15.0. The Morgan fingerprint density at radius 3 is 2.71 bits per heavy atom. The normalized spacial score (nSPS) is 11.0. The lowest BCUT2D eigenvalue weighted by Crippen LogP contribution is -2.19. The molecule has 0 spiro atoms. The van der Waals surface area contributed by atoms with Crippen LogP contribution < -0.4 is 5.32 Å². The predicted octanol–water partition coefficient (Wildman–Crippen LogP) is 4.84. The Labute approximate surface area is 165 Å². The molecule has 0 unspecified atom stereocenters. The summed E-state index contributed by atoms with van der Waals surface area (Å²) in [5, 5.41) is 8.67. The number of rotatable bonds is 4. The highest BCUT2D eigenvalue weighted by Crippen LogP contribution is 2.30. The average molecular weight is 395 g/mol. The first-order valence-corrected chi connectivity index (χ1v) is 9.02. The van der Waals surface area contributed by atoms with E-state index in [0.717, 1.165) is 22.2 Å². The highest BCUT2D eigenvalue weighted by Gasteiger charge is 2.16. The Balaban J connectivity index is 1.66. The van der Waals surface area contributed by atoms with E-state index in [0.29, 0.717) is 16.4 Å². The molecule has 1 amide bonds. The van der Waals surface area contributed by atoms with E-state index < -0.39 is 0 Å². The van der Waals surface area contributed by atoms with Gasteiger partial charge in [-0.1, -0.05) is 29.8 Å². The number of carbonyl (C=O) groups is 1. The van der Waals surface area contributed by atoms with E-state index in [-0.39, 0.29) is 18.3 Å². The van der Waals surface area contributed by atoms with Gasteiger partial charge in [0.1, 0.15) is 12.4 Å². The van der Waals surface area contributed by atoms with Crippen molar-refractivity contribution in [3.8, 4) is 11.1 Å². The summed E-state index contributed by atoms with van der Waals surface area (Å²) in [5.41, 5.74) is 3.72. The quantitative estimate of drug-likeness (QED) is 0.539. The number of benzene rings is 2. The Bertz CT molecular complexity index is 1170. The highest BCUT2D eigenvalue weighted by atomic mass is 35.5. The molecule has 0 aliphatic rings. The van der Waals surface area contributed by atoms with Crippen molar-refractivity contribution in [1.82, 2.24) is 14.8 Å². The third kappa shape index (κ3) is 3.59. The lowest BCUT2D eigenvalue weighted by molar-refractivity contribution is -0.116. The van der Waals surface area contributed by atoms with Crippen molar-refractivity contribution in [2.24, 2.45) is 0 Å². The van der Waals surface area contributed by atoms with Crippen molar-refractivity contribution in [2.45, 2.75) is 13.5 Å². The number of hydrogen-bond acceptors (Lipinski definition) is 3. The fraction of sp³-hybridized carbons (Fsp3) is 0.0952. The van der Waals surface area contributed by atoms with Crippen molar-refractivity contribution in [3.05, 3.63) is 77.3 Å². The molecule has 7 heteroatoms. The fourth-order valence-corrected chi connectivity index (χ4v) is 3.35. The van der Waals surface area contributed by atoms with E-state index in [1.165, 1.54) is 12.1 Å². The summed E-state index contributed by atoms with van der Waals surface area (Å²) in [4.78, 5) is 16.9. The first-order chi connectivity index (χ1) is 13.5. The van der Waals surface area contributed by atoms with E-state index >= 15 is 0 Å². The van der Waals surface area contributed by atoms with Crippen LogP contribution in [0.3, 0.4) is 0 Å². The van der Waals surface area contributed by atoms with Gasteiger partial charge in [0.05, 0.1) is 5.69 Å². The molecule has 5 nitrogen and oxygen atoms in total. The number of nitrogens with one attached hydrogen (secondary N) is 1. The summed E-state index contributed by atoms with van der Waals surface area (Å²) in [7, 11) is 0. The van der Waals surface area contributed by atoms with Crippen molar-refractivity contribution >= 4 is 34.2 Å². The fourth-order valence-electron chi connectivity index (χ4n) is 3.16. The van der Waals surface area contributed by atoms with Crippen LogP contribution in [0.4, 0.5) is 10.1 Å². The molecule has 0 atom stereocenters. The van der Waals surface area contributed by atoms with Gasteiger partial charge in [0, 0.05) is 22.3 Å². The lowest BCUT2D eigenvalue weighted by atomic mass is 10.0. The number of fused-ring (bicyclic) bond motifs is 1. The van der Waals surface area contributed by atoms with Gasteiger partial charge < -0.3 is 5.32 Å². The second-order valence-corrected chi connectivity index (χ2v) is 6.80. The first-order valence-electron chi connectivity index (χ1n) is 8.65. The number of pyridine rings is 1. The van der Waals surface area contributed by atoms with Gasteiger partial charge in [-0.15, -0.1) is 0 Å². The summed E-state index contributed by atoms with van der Waals surface area (Å²) in [6, 6.07) is 15.1. The average Bonchev–Trinajstić information content (AvgIpc) is 2.98. The number of halogens is 2. The number of nitrogens with zero attached hydrogens (tertiary/aromatic N) is 3. The smallest absolute Gasteiger partial charge is 0.246 e. The van der Waals surface area contributed by atoms with Gasteiger partial charge in [-0.05, 0) is 54.4 Å². The highest BCUT2D eigenvalue weighted by molar-refractivity contribution is 6.30. The molecule has 2 aromatic heterocycles. The number of aryl methyl sites for hydroxylation is 1. The second kappa shape index (κ2) is 7.40. The van der Waals surface area contributed by atoms with Gasteiger partial charge in [0.15, 0.2) is 5.65 Å². The largest absolute Gasteiger partial charge is 0.324 e. The molecule has 0 bridgehead atoms. The minimum Gasteiger partial charge on any atom is -0.324 e. The Kier molecular flexibility index (Phi) is 4.79. The van der Waals surface area contributed by atoms with Crippen LogP contribution in [0.2, 0.25) is 5.02 Å². The molecule has 0 aliphatic carbocycles. The van der Waals surface area contributed by atoms with Gasteiger partial charge in [0.25, 0.3) is 0 Å². The van der Waals surface area contributed by atoms with Crippen molar-refractivity contribution in [3.63, 3.8) is 0 Å². The first kappa shape index (κ1) is 18.1. The van der Waals surface area contributed by atoms with Gasteiger partial charge in [-0.3, -0.25) is 4.79 Å². The van der Waals surface area contributed by atoms with E-state index in [1.54, 1.807) is 47.3 Å². The molecule has 0 saturated carbocycles. The Hall–Kier alpha value is -3.25. The summed E-state index contributed by atoms with van der Waals surface area (Å²) in [6.45, 7) is 1.87. The molecule has 4 aromatic rings. The van der Waals surface area contributed by atoms with E-state index in [4.69, 9.17) is 11.6 Å². The molecule has 0 fully saturated rings. The molecule has 0 radical (unpaired) electrons. The number of anilines is 1. The van der Waals surface area contributed by atoms with E-state index in [1.807, 2.05) is 13.0 Å². The van der Waals surface area contributed by atoms with Crippen molar-refractivity contribution < 1.29 is 9.18 Å². The van der Waals surface area contributed by atoms with Gasteiger partial charge in [-0.2, -0.15) is 5.10 Å². The summed E-state index contributed by atoms with van der Waals surface area (Å²) in [5.74, 6) is -0.528. The molecule has 28 heavy (non-hydrogen) atoms. The Morgan fingerprint density at radius 1 is 1.18 bits per heavy atom.